The Bertz CT molecular complexity index is 3960. The zero-order valence-corrected chi connectivity index (χ0v) is 57.0. The Morgan fingerprint density at radius 2 is 0.636 bits per heavy atom. The fourth-order valence-electron chi connectivity index (χ4n) is 18.8. The summed E-state index contributed by atoms with van der Waals surface area (Å²) in [7, 11) is 0. The van der Waals surface area contributed by atoms with Gasteiger partial charge in [0, 0.05) is 45.5 Å². The van der Waals surface area contributed by atoms with Crippen molar-refractivity contribution in [3.05, 3.63) is 176 Å². The van der Waals surface area contributed by atoms with Crippen molar-refractivity contribution < 1.29 is 0 Å². The van der Waals surface area contributed by atoms with Crippen molar-refractivity contribution in [1.82, 2.24) is 0 Å². The van der Waals surface area contributed by atoms with Gasteiger partial charge < -0.3 is 14.7 Å². The maximum absolute atomic E-state index is 2.82. The van der Waals surface area contributed by atoms with Gasteiger partial charge in [0.2, 0.25) is 0 Å². The van der Waals surface area contributed by atoms with Gasteiger partial charge in [-0.2, -0.15) is 0 Å². The van der Waals surface area contributed by atoms with E-state index in [0.29, 0.717) is 0 Å². The minimum Gasteiger partial charge on any atom is -0.311 e. The first-order valence-corrected chi connectivity index (χ1v) is 35.0. The van der Waals surface area contributed by atoms with Crippen LogP contribution < -0.4 is 31.1 Å². The molecule has 4 heteroatoms. The van der Waals surface area contributed by atoms with Crippen LogP contribution in [0, 0.1) is 0 Å². The summed E-state index contributed by atoms with van der Waals surface area (Å²) >= 11 is 0. The van der Waals surface area contributed by atoms with Gasteiger partial charge in [0.1, 0.15) is 0 Å². The molecule has 456 valence electrons. The lowest BCUT2D eigenvalue weighted by Crippen LogP contribution is -2.62. The lowest BCUT2D eigenvalue weighted by atomic mass is 9.33. The van der Waals surface area contributed by atoms with Gasteiger partial charge in [0.05, 0.1) is 5.69 Å². The fraction of sp³-hybridized carbons (Fsp3) is 0.500. The van der Waals surface area contributed by atoms with E-state index in [9.17, 15) is 0 Å². The summed E-state index contributed by atoms with van der Waals surface area (Å²) < 4.78 is 0. The van der Waals surface area contributed by atoms with Gasteiger partial charge in [0.15, 0.2) is 0 Å². The topological polar surface area (TPSA) is 9.72 Å². The normalized spacial score (nSPS) is 22.2. The summed E-state index contributed by atoms with van der Waals surface area (Å²) in [5.41, 5.74) is 34.8. The molecule has 2 aliphatic heterocycles. The number of rotatable bonds is 5. The summed E-state index contributed by atoms with van der Waals surface area (Å²) in [6.45, 7) is 40.2. The van der Waals surface area contributed by atoms with Crippen molar-refractivity contribution in [2.45, 2.75) is 270 Å². The molecule has 6 aliphatic carbocycles. The van der Waals surface area contributed by atoms with Crippen molar-refractivity contribution in [3.63, 3.8) is 0 Å². The molecule has 0 amide bonds. The Labute approximate surface area is 531 Å². The third-order valence-electron chi connectivity index (χ3n) is 25.1. The highest BCUT2D eigenvalue weighted by Gasteiger charge is 2.49. The summed E-state index contributed by atoms with van der Waals surface area (Å²) in [4.78, 5) is 8.36. The molecule has 88 heavy (non-hydrogen) atoms. The molecule has 0 spiro atoms. The molecule has 2 heterocycles. The zero-order chi connectivity index (χ0) is 61.6. The number of benzene rings is 7. The molecule has 15 rings (SSSR count). The Morgan fingerprint density at radius 1 is 0.284 bits per heavy atom. The summed E-state index contributed by atoms with van der Waals surface area (Å²) in [5.74, 6) is 0. The Hall–Kier alpha value is -6.00. The van der Waals surface area contributed by atoms with E-state index in [0.717, 1.165) is 19.3 Å². The Balaban J connectivity index is 1.10. The van der Waals surface area contributed by atoms with Crippen LogP contribution in [0.15, 0.2) is 109 Å². The van der Waals surface area contributed by atoms with Crippen molar-refractivity contribution >= 4 is 74.3 Å². The molecule has 7 aromatic rings. The number of nitrogens with zero attached hydrogens (tertiary/aromatic N) is 3. The number of aryl methyl sites for hydroxylation is 4. The predicted octanol–water partition coefficient (Wildman–Crippen LogP) is 21.2. The van der Waals surface area contributed by atoms with Crippen LogP contribution in [-0.2, 0) is 69.0 Å². The highest BCUT2D eigenvalue weighted by atomic mass is 15.2. The molecule has 8 aliphatic rings. The van der Waals surface area contributed by atoms with Crippen LogP contribution in [0.2, 0.25) is 0 Å². The SMILES string of the molecule is CC1(C)CCC(C)(C)c2cc(N(c3cc4c5c(c3)N(c3ccc6c(c3)C(C)(C)CCC6(C)C)c3cc6c(cc3B5c3cc5c(cc3N4c3ccc4c(c3)CCCCC4)CCCCC5)C(C)(C)CCC6(C)C)c3ccc4c(c3)C(C)(C)CCC4(C)C)ccc21. The highest BCUT2D eigenvalue weighted by molar-refractivity contribution is 7.00. The maximum atomic E-state index is 2.82. The number of hydrogen-bond acceptors (Lipinski definition) is 3. The third kappa shape index (κ3) is 9.12. The zero-order valence-electron chi connectivity index (χ0n) is 57.0. The molecule has 0 bridgehead atoms. The molecule has 7 aromatic carbocycles. The predicted molar refractivity (Wildman–Crippen MR) is 379 cm³/mol. The largest absolute Gasteiger partial charge is 0.311 e. The molecule has 0 saturated heterocycles. The van der Waals surface area contributed by atoms with Crippen molar-refractivity contribution in [2.24, 2.45) is 0 Å². The van der Waals surface area contributed by atoms with E-state index >= 15 is 0 Å². The molecule has 0 N–H and O–H groups in total. The standard InChI is InChI=1S/C84H102BN3/c1-77(2)35-38-80(7,8)65-46-58(29-32-62(65)77)86(59-30-33-63-66(47-59)81(9,10)39-36-78(63,3)4)61-49-74-76-75(50-61)88(60-31-34-64-67(48-60)82(11,12)40-37-79(64,5)6)73-52-69-68(83(13,14)41-42-84(69,15)16)51-71(73)85(76)70-44-55-25-21-18-22-26-56(55)45-72(70)87(74)57-28-27-53-23-19-17-20-24-54(53)43-57/h27-34,43-52H,17-26,35-42H2,1-16H3. The molecule has 3 nitrogen and oxygen atoms in total. The number of anilines is 9. The van der Waals surface area contributed by atoms with E-state index in [1.54, 1.807) is 27.8 Å². The fourth-order valence-corrected chi connectivity index (χ4v) is 18.8. The molecule has 0 unspecified atom stereocenters. The van der Waals surface area contributed by atoms with Gasteiger partial charge in [-0.3, -0.25) is 0 Å². The summed E-state index contributed by atoms with van der Waals surface area (Å²) in [6.07, 6.45) is 21.7. The van der Waals surface area contributed by atoms with Crippen LogP contribution in [0.3, 0.4) is 0 Å². The van der Waals surface area contributed by atoms with Crippen LogP contribution in [0.5, 0.6) is 0 Å². The second-order valence-corrected chi connectivity index (χ2v) is 34.8. The first-order valence-electron chi connectivity index (χ1n) is 35.0. The molecule has 0 aromatic heterocycles. The van der Waals surface area contributed by atoms with Crippen LogP contribution in [0.4, 0.5) is 51.2 Å². The smallest absolute Gasteiger partial charge is 0.252 e. The van der Waals surface area contributed by atoms with Gasteiger partial charge in [-0.15, -0.1) is 0 Å². The van der Waals surface area contributed by atoms with Gasteiger partial charge in [-0.05, 0) is 302 Å². The second kappa shape index (κ2) is 19.8. The van der Waals surface area contributed by atoms with E-state index in [1.165, 1.54) is 203 Å². The molecule has 0 atom stereocenters. The number of hydrogen-bond donors (Lipinski definition) is 0. The van der Waals surface area contributed by atoms with Crippen molar-refractivity contribution in [1.29, 1.82) is 0 Å². The van der Waals surface area contributed by atoms with Gasteiger partial charge in [-0.1, -0.05) is 160 Å². The monoisotopic (exact) mass is 1160 g/mol. The van der Waals surface area contributed by atoms with E-state index in [-0.39, 0.29) is 50.0 Å². The Morgan fingerprint density at radius 3 is 1.12 bits per heavy atom. The van der Waals surface area contributed by atoms with Crippen molar-refractivity contribution in [3.8, 4) is 0 Å². The minimum absolute atomic E-state index is 0.0189. The van der Waals surface area contributed by atoms with E-state index in [2.05, 4.69) is 235 Å². The molecular formula is C84H102BN3. The molecule has 0 radical (unpaired) electrons. The van der Waals surface area contributed by atoms with Crippen LogP contribution in [0.1, 0.15) is 267 Å². The van der Waals surface area contributed by atoms with Crippen molar-refractivity contribution in [2.75, 3.05) is 14.7 Å². The minimum atomic E-state index is 0.0189. The summed E-state index contributed by atoms with van der Waals surface area (Å²) in [6, 6.07) is 47.3. The van der Waals surface area contributed by atoms with Crippen LogP contribution >= 0.6 is 0 Å². The molecular weight excluding hydrogens is 1060 g/mol. The second-order valence-electron chi connectivity index (χ2n) is 34.8. The lowest BCUT2D eigenvalue weighted by Gasteiger charge is -2.48. The van der Waals surface area contributed by atoms with Crippen LogP contribution in [-0.4, -0.2) is 6.71 Å². The number of fused-ring (bicyclic) bond motifs is 10. The average molecular weight is 1160 g/mol. The van der Waals surface area contributed by atoms with Crippen LogP contribution in [0.25, 0.3) is 0 Å². The maximum Gasteiger partial charge on any atom is 0.252 e. The quantitative estimate of drug-likeness (QED) is 0.126. The summed E-state index contributed by atoms with van der Waals surface area (Å²) in [5, 5.41) is 0. The lowest BCUT2D eigenvalue weighted by molar-refractivity contribution is 0.332. The highest BCUT2D eigenvalue weighted by Crippen LogP contribution is 2.57. The van der Waals surface area contributed by atoms with Gasteiger partial charge in [-0.25, -0.2) is 0 Å². The van der Waals surface area contributed by atoms with E-state index in [1.807, 2.05) is 0 Å². The first-order chi connectivity index (χ1) is 41.5. The Kier molecular flexibility index (Phi) is 13.1. The third-order valence-corrected chi connectivity index (χ3v) is 25.1. The van der Waals surface area contributed by atoms with Gasteiger partial charge >= 0.3 is 0 Å². The molecule has 0 saturated carbocycles. The molecule has 0 fully saturated rings. The average Bonchev–Trinajstić information content (AvgIpc) is 0.724. The van der Waals surface area contributed by atoms with E-state index in [4.69, 9.17) is 0 Å². The first kappa shape index (κ1) is 58.4. The van der Waals surface area contributed by atoms with E-state index < -0.39 is 0 Å². The van der Waals surface area contributed by atoms with Gasteiger partial charge in [0.25, 0.3) is 6.71 Å².